The van der Waals surface area contributed by atoms with E-state index in [0.29, 0.717) is 0 Å². The van der Waals surface area contributed by atoms with Crippen molar-refractivity contribution in [2.24, 2.45) is 11.3 Å². The minimum atomic E-state index is -5.55. The topological polar surface area (TPSA) is 26.3 Å². The van der Waals surface area contributed by atoms with Crippen molar-refractivity contribution in [2.45, 2.75) is 24.6 Å². The van der Waals surface area contributed by atoms with Gasteiger partial charge in [0.25, 0.3) is 0 Å². The molecule has 1 spiro atoms. The minimum Gasteiger partial charge on any atom is -0.469 e. The molecule has 2 rings (SSSR count). The van der Waals surface area contributed by atoms with Crippen molar-refractivity contribution in [3.8, 4) is 0 Å². The normalized spacial score (nSPS) is 38.0. The van der Waals surface area contributed by atoms with Gasteiger partial charge in [0.2, 0.25) is 5.92 Å². The van der Waals surface area contributed by atoms with Gasteiger partial charge in [-0.15, -0.1) is 0 Å². The molecule has 0 radical (unpaired) electrons. The molecule has 0 bridgehead atoms. The molecule has 0 aromatic rings. The SMILES string of the molecule is COC(=O)C1CC2(C1)C([B-](F)(F)F)C2(F)F.[K+]. The molecule has 0 heterocycles. The molecule has 0 aliphatic heterocycles. The summed E-state index contributed by atoms with van der Waals surface area (Å²) < 4.78 is 67.4. The molecule has 2 saturated carbocycles. The molecule has 1 unspecified atom stereocenters. The number of ether oxygens (including phenoxy) is 1. The van der Waals surface area contributed by atoms with Gasteiger partial charge in [0, 0.05) is 11.2 Å². The summed E-state index contributed by atoms with van der Waals surface area (Å²) in [6, 6.07) is 0. The third-order valence-electron chi connectivity index (χ3n) is 3.70. The van der Waals surface area contributed by atoms with Gasteiger partial charge < -0.3 is 17.7 Å². The Kier molecular flexibility index (Phi) is 4.14. The molecule has 1 atom stereocenters. The van der Waals surface area contributed by atoms with Gasteiger partial charge in [-0.2, -0.15) is 0 Å². The quantitative estimate of drug-likeness (QED) is 0.385. The Bertz CT molecular complexity index is 339. The van der Waals surface area contributed by atoms with Crippen LogP contribution in [-0.4, -0.2) is 26.0 Å². The average molecular weight is 282 g/mol. The Morgan fingerprint density at radius 3 is 2.06 bits per heavy atom. The maximum absolute atomic E-state index is 13.1. The molecular weight excluding hydrogens is 273 g/mol. The van der Waals surface area contributed by atoms with Gasteiger partial charge >= 0.3 is 64.3 Å². The third kappa shape index (κ3) is 2.11. The molecule has 2 aliphatic carbocycles. The Morgan fingerprint density at radius 2 is 1.76 bits per heavy atom. The Hall–Kier alpha value is 0.821. The number of carbonyl (C=O) groups excluding carboxylic acids is 1. The Balaban J connectivity index is 0.00000144. The summed E-state index contributed by atoms with van der Waals surface area (Å²) in [5.74, 6) is -7.74. The number of hydrogen-bond acceptors (Lipinski definition) is 2. The van der Waals surface area contributed by atoms with Crippen LogP contribution in [0.5, 0.6) is 0 Å². The van der Waals surface area contributed by atoms with E-state index in [9.17, 15) is 26.5 Å². The first kappa shape index (κ1) is 15.9. The van der Waals surface area contributed by atoms with Gasteiger partial charge in [-0.25, -0.2) is 8.78 Å². The fraction of sp³-hybridized carbons (Fsp3) is 0.875. The van der Waals surface area contributed by atoms with Gasteiger partial charge in [0.05, 0.1) is 13.0 Å². The van der Waals surface area contributed by atoms with Crippen LogP contribution >= 0.6 is 0 Å². The summed E-state index contributed by atoms with van der Waals surface area (Å²) in [5, 5.41) is 0. The molecule has 17 heavy (non-hydrogen) atoms. The van der Waals surface area contributed by atoms with Crippen LogP contribution in [0.4, 0.5) is 21.7 Å². The molecule has 9 heteroatoms. The number of methoxy groups -OCH3 is 1. The third-order valence-corrected chi connectivity index (χ3v) is 3.70. The second-order valence-electron chi connectivity index (χ2n) is 4.51. The zero-order valence-corrected chi connectivity index (χ0v) is 12.5. The Morgan fingerprint density at radius 1 is 1.29 bits per heavy atom. The second-order valence-corrected chi connectivity index (χ2v) is 4.51. The summed E-state index contributed by atoms with van der Waals surface area (Å²) >= 11 is 0. The Labute approximate surface area is 137 Å². The van der Waals surface area contributed by atoms with E-state index in [1.54, 1.807) is 0 Å². The number of rotatable bonds is 2. The van der Waals surface area contributed by atoms with Crippen LogP contribution in [0.1, 0.15) is 12.8 Å². The molecule has 0 aromatic heterocycles. The predicted molar refractivity (Wildman–Crippen MR) is 44.9 cm³/mol. The zero-order valence-electron chi connectivity index (χ0n) is 9.35. The van der Waals surface area contributed by atoms with E-state index in [0.717, 1.165) is 7.11 Å². The van der Waals surface area contributed by atoms with Crippen molar-refractivity contribution in [3.63, 3.8) is 0 Å². The monoisotopic (exact) mass is 282 g/mol. The molecule has 0 amide bonds. The smallest absolute Gasteiger partial charge is 0.469 e. The van der Waals surface area contributed by atoms with E-state index in [4.69, 9.17) is 0 Å². The molecule has 2 aliphatic rings. The van der Waals surface area contributed by atoms with Gasteiger partial charge in [0.15, 0.2) is 0 Å². The van der Waals surface area contributed by atoms with Crippen molar-refractivity contribution in [1.29, 1.82) is 0 Å². The van der Waals surface area contributed by atoms with Crippen LogP contribution in [0, 0.1) is 11.3 Å². The number of carbonyl (C=O) groups is 1. The second kappa shape index (κ2) is 4.43. The molecule has 0 N–H and O–H groups in total. The fourth-order valence-electron chi connectivity index (χ4n) is 2.82. The summed E-state index contributed by atoms with van der Waals surface area (Å²) in [7, 11) is 1.09. The van der Waals surface area contributed by atoms with E-state index in [-0.39, 0.29) is 51.4 Å². The minimum absolute atomic E-state index is 0. The van der Waals surface area contributed by atoms with Crippen molar-refractivity contribution in [3.05, 3.63) is 0 Å². The molecule has 0 aromatic carbocycles. The summed E-state index contributed by atoms with van der Waals surface area (Å²) in [4.78, 5) is 10.9. The fourth-order valence-corrected chi connectivity index (χ4v) is 2.82. The zero-order chi connectivity index (χ0) is 12.4. The van der Waals surface area contributed by atoms with Crippen LogP contribution < -0.4 is 51.4 Å². The molecule has 92 valence electrons. The first-order chi connectivity index (χ1) is 7.17. The summed E-state index contributed by atoms with van der Waals surface area (Å²) in [6.45, 7) is -5.55. The van der Waals surface area contributed by atoms with Crippen molar-refractivity contribution in [1.82, 2.24) is 0 Å². The van der Waals surface area contributed by atoms with Crippen LogP contribution in [0.15, 0.2) is 0 Å². The van der Waals surface area contributed by atoms with Crippen LogP contribution in [0.3, 0.4) is 0 Å². The van der Waals surface area contributed by atoms with Crippen LogP contribution in [0.2, 0.25) is 5.82 Å². The van der Waals surface area contributed by atoms with E-state index < -0.39 is 48.9 Å². The van der Waals surface area contributed by atoms with Gasteiger partial charge in [-0.05, 0) is 12.8 Å². The standard InChI is InChI=1S/C8H9BF5O2.K/c1-16-5(15)4-2-7(3-4)6(8(7,10)11)9(12,13)14;/h4,6H,2-3H2,1H3;/q-1;+1. The van der Waals surface area contributed by atoms with Crippen LogP contribution in [0.25, 0.3) is 0 Å². The summed E-state index contributed by atoms with van der Waals surface area (Å²) in [5.41, 5.74) is -2.01. The van der Waals surface area contributed by atoms with Gasteiger partial charge in [-0.1, -0.05) is 0 Å². The first-order valence-corrected chi connectivity index (χ1v) is 4.82. The van der Waals surface area contributed by atoms with Gasteiger partial charge in [-0.3, -0.25) is 4.79 Å². The molecular formula is C8H9BF5KO2. The number of hydrogen-bond donors (Lipinski definition) is 0. The number of esters is 1. The molecule has 2 nitrogen and oxygen atoms in total. The van der Waals surface area contributed by atoms with E-state index in [1.807, 2.05) is 0 Å². The van der Waals surface area contributed by atoms with Crippen LogP contribution in [-0.2, 0) is 9.53 Å². The van der Waals surface area contributed by atoms with E-state index >= 15 is 0 Å². The largest absolute Gasteiger partial charge is 1.00 e. The molecule has 0 saturated heterocycles. The predicted octanol–water partition coefficient (Wildman–Crippen LogP) is -0.574. The van der Waals surface area contributed by atoms with Crippen molar-refractivity contribution >= 4 is 12.9 Å². The number of alkyl halides is 2. The molecule has 2 fully saturated rings. The maximum Gasteiger partial charge on any atom is 1.00 e. The summed E-state index contributed by atoms with van der Waals surface area (Å²) in [6.07, 6.45) is -0.836. The maximum atomic E-state index is 13.1. The van der Waals surface area contributed by atoms with Crippen molar-refractivity contribution < 1.29 is 82.6 Å². The average Bonchev–Trinajstić information content (AvgIpc) is 2.58. The number of halogens is 5. The van der Waals surface area contributed by atoms with Gasteiger partial charge in [0.1, 0.15) is 0 Å². The van der Waals surface area contributed by atoms with Crippen molar-refractivity contribution in [2.75, 3.05) is 7.11 Å². The first-order valence-electron chi connectivity index (χ1n) is 4.82. The van der Waals surface area contributed by atoms with E-state index in [2.05, 4.69) is 4.74 Å². The van der Waals surface area contributed by atoms with E-state index in [1.165, 1.54) is 0 Å².